The zero-order valence-corrected chi connectivity index (χ0v) is 7.60. The van der Waals surface area contributed by atoms with Crippen LogP contribution >= 0.6 is 11.3 Å². The van der Waals surface area contributed by atoms with Crippen LogP contribution in [0.5, 0.6) is 0 Å². The minimum Gasteiger partial charge on any atom is -0.330 e. The molecule has 66 valence electrons. The van der Waals surface area contributed by atoms with Crippen molar-refractivity contribution in [2.45, 2.75) is 6.92 Å². The fourth-order valence-corrected chi connectivity index (χ4v) is 1.15. The molecule has 1 heterocycles. The molecule has 0 aliphatic carbocycles. The Morgan fingerprint density at radius 1 is 1.92 bits per heavy atom. The van der Waals surface area contributed by atoms with Gasteiger partial charge in [-0.05, 0) is 0 Å². The Labute approximate surface area is 74.8 Å². The van der Waals surface area contributed by atoms with Gasteiger partial charge in [0.15, 0.2) is 5.13 Å². The fraction of sp³-hybridized carbons (Fsp3) is 0.429. The molecule has 12 heavy (non-hydrogen) atoms. The summed E-state index contributed by atoms with van der Waals surface area (Å²) in [5.74, 6) is -0.235. The van der Waals surface area contributed by atoms with E-state index in [9.17, 15) is 4.79 Å². The van der Waals surface area contributed by atoms with Crippen LogP contribution in [0.15, 0.2) is 11.6 Å². The van der Waals surface area contributed by atoms with Gasteiger partial charge in [-0.3, -0.25) is 4.79 Å². The molecular formula is C7H11N3OS. The number of nitrogens with zero attached hydrogens (tertiary/aromatic N) is 1. The third-order valence-electron chi connectivity index (χ3n) is 1.46. The first-order valence-corrected chi connectivity index (χ1v) is 4.52. The van der Waals surface area contributed by atoms with Gasteiger partial charge in [0.2, 0.25) is 5.91 Å². The van der Waals surface area contributed by atoms with Crippen LogP contribution in [0, 0.1) is 5.92 Å². The third-order valence-corrected chi connectivity index (χ3v) is 2.15. The van der Waals surface area contributed by atoms with E-state index < -0.39 is 0 Å². The summed E-state index contributed by atoms with van der Waals surface area (Å²) >= 11 is 1.40. The Bertz CT molecular complexity index is 247. The van der Waals surface area contributed by atoms with Crippen molar-refractivity contribution in [1.82, 2.24) is 4.98 Å². The molecular weight excluding hydrogens is 174 g/mol. The summed E-state index contributed by atoms with van der Waals surface area (Å²) in [5.41, 5.74) is 5.32. The van der Waals surface area contributed by atoms with Crippen molar-refractivity contribution in [2.24, 2.45) is 11.7 Å². The number of nitrogens with two attached hydrogens (primary N) is 1. The number of rotatable bonds is 3. The molecule has 4 nitrogen and oxygen atoms in total. The Kier molecular flexibility index (Phi) is 3.19. The van der Waals surface area contributed by atoms with Crippen LogP contribution in [-0.4, -0.2) is 17.4 Å². The smallest absolute Gasteiger partial charge is 0.230 e. The highest BCUT2D eigenvalue weighted by Gasteiger charge is 2.11. The predicted octanol–water partition coefficient (Wildman–Crippen LogP) is 0.676. The fourth-order valence-electron chi connectivity index (χ4n) is 0.621. The van der Waals surface area contributed by atoms with Crippen molar-refractivity contribution >= 4 is 22.4 Å². The number of carbonyl (C=O) groups is 1. The van der Waals surface area contributed by atoms with Crippen LogP contribution in [-0.2, 0) is 4.79 Å². The summed E-state index contributed by atoms with van der Waals surface area (Å²) < 4.78 is 0. The van der Waals surface area contributed by atoms with E-state index >= 15 is 0 Å². The van der Waals surface area contributed by atoms with Crippen LogP contribution in [0.1, 0.15) is 6.92 Å². The molecule has 1 amide bonds. The van der Waals surface area contributed by atoms with Gasteiger partial charge in [-0.25, -0.2) is 4.98 Å². The summed E-state index contributed by atoms with van der Waals surface area (Å²) in [7, 11) is 0. The molecule has 1 aromatic heterocycles. The average Bonchev–Trinajstić information content (AvgIpc) is 2.55. The van der Waals surface area contributed by atoms with E-state index in [2.05, 4.69) is 10.3 Å². The van der Waals surface area contributed by atoms with Crippen molar-refractivity contribution in [3.05, 3.63) is 11.6 Å². The molecule has 0 radical (unpaired) electrons. The van der Waals surface area contributed by atoms with Gasteiger partial charge in [0.1, 0.15) is 0 Å². The maximum atomic E-state index is 11.2. The maximum absolute atomic E-state index is 11.2. The zero-order valence-electron chi connectivity index (χ0n) is 6.78. The van der Waals surface area contributed by atoms with Crippen molar-refractivity contribution in [2.75, 3.05) is 11.9 Å². The molecule has 0 aromatic carbocycles. The quantitative estimate of drug-likeness (QED) is 0.727. The highest BCUT2D eigenvalue weighted by Crippen LogP contribution is 2.11. The highest BCUT2D eigenvalue weighted by atomic mass is 32.1. The minimum atomic E-state index is -0.158. The molecule has 1 atom stereocenters. The van der Waals surface area contributed by atoms with Crippen LogP contribution in [0.2, 0.25) is 0 Å². The van der Waals surface area contributed by atoms with Gasteiger partial charge in [-0.1, -0.05) is 6.92 Å². The number of nitrogens with one attached hydrogen (secondary N) is 1. The van der Waals surface area contributed by atoms with Gasteiger partial charge in [-0.2, -0.15) is 0 Å². The zero-order chi connectivity index (χ0) is 8.97. The number of anilines is 1. The van der Waals surface area contributed by atoms with E-state index in [0.717, 1.165) is 0 Å². The first kappa shape index (κ1) is 9.15. The monoisotopic (exact) mass is 185 g/mol. The molecule has 0 spiro atoms. The minimum absolute atomic E-state index is 0.0764. The number of aromatic nitrogens is 1. The molecule has 1 rings (SSSR count). The van der Waals surface area contributed by atoms with Gasteiger partial charge in [-0.15, -0.1) is 11.3 Å². The highest BCUT2D eigenvalue weighted by molar-refractivity contribution is 7.13. The molecule has 0 aliphatic heterocycles. The van der Waals surface area contributed by atoms with E-state index in [1.54, 1.807) is 13.1 Å². The summed E-state index contributed by atoms with van der Waals surface area (Å²) in [6, 6.07) is 0. The molecule has 0 saturated carbocycles. The van der Waals surface area contributed by atoms with Crippen molar-refractivity contribution < 1.29 is 4.79 Å². The van der Waals surface area contributed by atoms with Crippen LogP contribution in [0.25, 0.3) is 0 Å². The van der Waals surface area contributed by atoms with E-state index in [1.165, 1.54) is 11.3 Å². The number of hydrogen-bond donors (Lipinski definition) is 2. The predicted molar refractivity (Wildman–Crippen MR) is 49.0 cm³/mol. The van der Waals surface area contributed by atoms with Gasteiger partial charge < -0.3 is 11.1 Å². The lowest BCUT2D eigenvalue weighted by Crippen LogP contribution is -2.26. The Morgan fingerprint density at radius 2 is 2.67 bits per heavy atom. The van der Waals surface area contributed by atoms with E-state index in [1.807, 2.05) is 5.38 Å². The molecule has 3 N–H and O–H groups in total. The molecule has 5 heteroatoms. The standard InChI is InChI=1S/C7H11N3OS/c1-5(4-8)6(11)10-7-9-2-3-12-7/h2-3,5H,4,8H2,1H3,(H,9,10,11). The van der Waals surface area contributed by atoms with Crippen molar-refractivity contribution in [3.63, 3.8) is 0 Å². The number of hydrogen-bond acceptors (Lipinski definition) is 4. The van der Waals surface area contributed by atoms with Crippen LogP contribution in [0.3, 0.4) is 0 Å². The SMILES string of the molecule is CC(CN)C(=O)Nc1nccs1. The first-order valence-electron chi connectivity index (χ1n) is 3.64. The molecule has 0 saturated heterocycles. The summed E-state index contributed by atoms with van der Waals surface area (Å²) in [6.07, 6.45) is 1.65. The molecule has 1 unspecified atom stereocenters. The molecule has 0 fully saturated rings. The topological polar surface area (TPSA) is 68.0 Å². The molecule has 0 bridgehead atoms. The normalized spacial score (nSPS) is 12.5. The second kappa shape index (κ2) is 4.18. The van der Waals surface area contributed by atoms with Crippen molar-refractivity contribution in [3.8, 4) is 0 Å². The third kappa shape index (κ3) is 2.28. The first-order chi connectivity index (χ1) is 5.74. The van der Waals surface area contributed by atoms with Crippen molar-refractivity contribution in [1.29, 1.82) is 0 Å². The van der Waals surface area contributed by atoms with Gasteiger partial charge in [0.05, 0.1) is 0 Å². The van der Waals surface area contributed by atoms with Gasteiger partial charge in [0.25, 0.3) is 0 Å². The van der Waals surface area contributed by atoms with Crippen LogP contribution in [0.4, 0.5) is 5.13 Å². The summed E-state index contributed by atoms with van der Waals surface area (Å²) in [5, 5.41) is 5.09. The van der Waals surface area contributed by atoms with Gasteiger partial charge >= 0.3 is 0 Å². The lowest BCUT2D eigenvalue weighted by Gasteiger charge is -2.06. The average molecular weight is 185 g/mol. The summed E-state index contributed by atoms with van der Waals surface area (Å²) in [6.45, 7) is 2.14. The Balaban J connectivity index is 2.47. The summed E-state index contributed by atoms with van der Waals surface area (Å²) in [4.78, 5) is 15.1. The second-order valence-electron chi connectivity index (χ2n) is 2.46. The van der Waals surface area contributed by atoms with E-state index in [-0.39, 0.29) is 11.8 Å². The number of carbonyl (C=O) groups excluding carboxylic acids is 1. The lowest BCUT2D eigenvalue weighted by molar-refractivity contribution is -0.119. The van der Waals surface area contributed by atoms with Gasteiger partial charge in [0, 0.05) is 24.0 Å². The largest absolute Gasteiger partial charge is 0.330 e. The molecule has 0 aliphatic rings. The maximum Gasteiger partial charge on any atom is 0.230 e. The van der Waals surface area contributed by atoms with E-state index in [0.29, 0.717) is 11.7 Å². The number of amides is 1. The second-order valence-corrected chi connectivity index (χ2v) is 3.36. The number of thiazole rings is 1. The Hall–Kier alpha value is -0.940. The van der Waals surface area contributed by atoms with Crippen LogP contribution < -0.4 is 11.1 Å². The lowest BCUT2D eigenvalue weighted by atomic mass is 10.2. The molecule has 1 aromatic rings. The van der Waals surface area contributed by atoms with E-state index in [4.69, 9.17) is 5.73 Å². The Morgan fingerprint density at radius 3 is 3.17 bits per heavy atom.